The van der Waals surface area contributed by atoms with E-state index in [1.807, 2.05) is 84.9 Å². The molecule has 3 aromatic rings. The Kier molecular flexibility index (Phi) is 11.4. The van der Waals surface area contributed by atoms with Gasteiger partial charge in [0.1, 0.15) is 11.8 Å². The lowest BCUT2D eigenvalue weighted by Gasteiger charge is -2.31. The Bertz CT molecular complexity index is 1080. The van der Waals surface area contributed by atoms with Gasteiger partial charge in [-0.05, 0) is 41.8 Å². The van der Waals surface area contributed by atoms with Crippen LogP contribution in [0.2, 0.25) is 0 Å². The van der Waals surface area contributed by atoms with Gasteiger partial charge in [-0.25, -0.2) is 0 Å². The van der Waals surface area contributed by atoms with Crippen LogP contribution in [0.15, 0.2) is 89.8 Å². The minimum absolute atomic E-state index is 0.0344. The molecule has 0 saturated heterocycles. The third-order valence-corrected chi connectivity index (χ3v) is 6.93. The number of carbonyl (C=O) groups is 2. The van der Waals surface area contributed by atoms with Gasteiger partial charge in [-0.15, -0.1) is 11.8 Å². The Morgan fingerprint density at radius 2 is 1.64 bits per heavy atom. The first-order valence-electron chi connectivity index (χ1n) is 12.5. The van der Waals surface area contributed by atoms with E-state index in [1.165, 1.54) is 0 Å². The average Bonchev–Trinajstić information content (AvgIpc) is 2.92. The zero-order chi connectivity index (χ0) is 25.6. The number of hydrogen-bond donors (Lipinski definition) is 1. The summed E-state index contributed by atoms with van der Waals surface area (Å²) in [6.45, 7) is 3.03. The summed E-state index contributed by atoms with van der Waals surface area (Å²) < 4.78 is 5.39. The molecule has 0 aromatic heterocycles. The molecule has 0 heterocycles. The van der Waals surface area contributed by atoms with Crippen molar-refractivity contribution in [3.8, 4) is 5.75 Å². The summed E-state index contributed by atoms with van der Waals surface area (Å²) in [4.78, 5) is 30.0. The second kappa shape index (κ2) is 15.0. The average molecular weight is 505 g/mol. The smallest absolute Gasteiger partial charge is 0.243 e. The first-order chi connectivity index (χ1) is 17.6. The van der Waals surface area contributed by atoms with E-state index in [0.29, 0.717) is 31.7 Å². The molecule has 1 N–H and O–H groups in total. The fraction of sp³-hybridized carbons (Fsp3) is 0.333. The molecule has 3 aromatic carbocycles. The minimum Gasteiger partial charge on any atom is -0.497 e. The van der Waals surface area contributed by atoms with Gasteiger partial charge in [0.2, 0.25) is 11.8 Å². The van der Waals surface area contributed by atoms with Crippen molar-refractivity contribution in [3.05, 3.63) is 96.1 Å². The number of ether oxygens (including phenoxy) is 1. The van der Waals surface area contributed by atoms with Crippen LogP contribution in [0.4, 0.5) is 0 Å². The van der Waals surface area contributed by atoms with E-state index in [-0.39, 0.29) is 11.8 Å². The van der Waals surface area contributed by atoms with Crippen molar-refractivity contribution in [1.82, 2.24) is 10.2 Å². The zero-order valence-corrected chi connectivity index (χ0v) is 22.0. The van der Waals surface area contributed by atoms with Gasteiger partial charge in [-0.2, -0.15) is 0 Å². The molecule has 5 nitrogen and oxygen atoms in total. The maximum atomic E-state index is 13.7. The standard InChI is InChI=1S/C30H36N2O3S/c1-3-4-19-31-30(34)28(22-24-12-7-5-8-13-24)32(23-25-14-11-15-26(21-25)35-2)29(33)18-20-36-27-16-9-6-10-17-27/h5-17,21,28H,3-4,18-20,22-23H2,1-2H3,(H,31,34)/t28-/m0/s1. The highest BCUT2D eigenvalue weighted by Gasteiger charge is 2.30. The maximum Gasteiger partial charge on any atom is 0.243 e. The predicted octanol–water partition coefficient (Wildman–Crippen LogP) is 5.73. The van der Waals surface area contributed by atoms with Crippen molar-refractivity contribution < 1.29 is 14.3 Å². The van der Waals surface area contributed by atoms with Crippen molar-refractivity contribution in [2.24, 2.45) is 0 Å². The number of methoxy groups -OCH3 is 1. The van der Waals surface area contributed by atoms with Gasteiger partial charge >= 0.3 is 0 Å². The Hall–Kier alpha value is -3.25. The topological polar surface area (TPSA) is 58.6 Å². The van der Waals surface area contributed by atoms with Crippen LogP contribution in [0.5, 0.6) is 5.75 Å². The van der Waals surface area contributed by atoms with Crippen molar-refractivity contribution in [1.29, 1.82) is 0 Å². The number of rotatable bonds is 14. The van der Waals surface area contributed by atoms with Gasteiger partial charge < -0.3 is 15.0 Å². The number of unbranched alkanes of at least 4 members (excludes halogenated alkanes) is 1. The molecule has 0 aliphatic rings. The van der Waals surface area contributed by atoms with E-state index in [0.717, 1.165) is 34.6 Å². The molecule has 0 unspecified atom stereocenters. The van der Waals surface area contributed by atoms with Crippen LogP contribution in [0.1, 0.15) is 37.3 Å². The Morgan fingerprint density at radius 3 is 2.33 bits per heavy atom. The van der Waals surface area contributed by atoms with E-state index in [4.69, 9.17) is 4.74 Å². The number of amides is 2. The van der Waals surface area contributed by atoms with Crippen molar-refractivity contribution in [2.45, 2.75) is 50.1 Å². The lowest BCUT2D eigenvalue weighted by molar-refractivity contribution is -0.141. The lowest BCUT2D eigenvalue weighted by Crippen LogP contribution is -2.50. The Balaban J connectivity index is 1.84. The van der Waals surface area contributed by atoms with Gasteiger partial charge in [0.05, 0.1) is 7.11 Å². The highest BCUT2D eigenvalue weighted by Crippen LogP contribution is 2.22. The van der Waals surface area contributed by atoms with E-state index in [1.54, 1.807) is 23.8 Å². The second-order valence-corrected chi connectivity index (χ2v) is 9.80. The molecular weight excluding hydrogens is 468 g/mol. The van der Waals surface area contributed by atoms with Gasteiger partial charge in [0.15, 0.2) is 0 Å². The molecule has 3 rings (SSSR count). The molecule has 0 aliphatic carbocycles. The van der Waals surface area contributed by atoms with Crippen LogP contribution in [0, 0.1) is 0 Å². The molecule has 190 valence electrons. The predicted molar refractivity (Wildman–Crippen MR) is 147 cm³/mol. The molecule has 1 atom stereocenters. The van der Waals surface area contributed by atoms with Crippen LogP contribution >= 0.6 is 11.8 Å². The van der Waals surface area contributed by atoms with Gasteiger partial charge in [-0.3, -0.25) is 9.59 Å². The number of benzene rings is 3. The molecule has 2 amide bonds. The number of carbonyl (C=O) groups excluding carboxylic acids is 2. The zero-order valence-electron chi connectivity index (χ0n) is 21.2. The Morgan fingerprint density at radius 1 is 0.944 bits per heavy atom. The van der Waals surface area contributed by atoms with Crippen LogP contribution in [0.25, 0.3) is 0 Å². The molecule has 0 saturated carbocycles. The molecule has 6 heteroatoms. The first-order valence-corrected chi connectivity index (χ1v) is 13.5. The highest BCUT2D eigenvalue weighted by molar-refractivity contribution is 7.99. The fourth-order valence-corrected chi connectivity index (χ4v) is 4.81. The van der Waals surface area contributed by atoms with Crippen LogP contribution < -0.4 is 10.1 Å². The van der Waals surface area contributed by atoms with Gasteiger partial charge in [0, 0.05) is 36.6 Å². The molecule has 0 radical (unpaired) electrons. The number of nitrogens with one attached hydrogen (secondary N) is 1. The van der Waals surface area contributed by atoms with Crippen LogP contribution in [-0.2, 0) is 22.6 Å². The van der Waals surface area contributed by atoms with Crippen molar-refractivity contribution in [2.75, 3.05) is 19.4 Å². The third-order valence-electron chi connectivity index (χ3n) is 5.92. The Labute approximate surface area is 219 Å². The molecule has 36 heavy (non-hydrogen) atoms. The van der Waals surface area contributed by atoms with Crippen molar-refractivity contribution >= 4 is 23.6 Å². The monoisotopic (exact) mass is 504 g/mol. The summed E-state index contributed by atoms with van der Waals surface area (Å²) in [5, 5.41) is 3.07. The SMILES string of the molecule is CCCCNC(=O)[C@H](Cc1ccccc1)N(Cc1cccc(OC)c1)C(=O)CCSc1ccccc1. The van der Waals surface area contributed by atoms with E-state index in [9.17, 15) is 9.59 Å². The minimum atomic E-state index is -0.607. The molecular formula is C30H36N2O3S. The summed E-state index contributed by atoms with van der Waals surface area (Å²) in [6, 6.07) is 27.0. The number of nitrogens with zero attached hydrogens (tertiary/aromatic N) is 1. The van der Waals surface area contributed by atoms with E-state index >= 15 is 0 Å². The second-order valence-electron chi connectivity index (χ2n) is 8.63. The largest absolute Gasteiger partial charge is 0.497 e. The lowest BCUT2D eigenvalue weighted by atomic mass is 10.0. The quantitative estimate of drug-likeness (QED) is 0.225. The molecule has 0 spiro atoms. The summed E-state index contributed by atoms with van der Waals surface area (Å²) >= 11 is 1.65. The molecule has 0 aliphatic heterocycles. The first kappa shape index (κ1) is 27.3. The van der Waals surface area contributed by atoms with Crippen molar-refractivity contribution in [3.63, 3.8) is 0 Å². The summed E-state index contributed by atoms with van der Waals surface area (Å²) in [5.41, 5.74) is 1.95. The van der Waals surface area contributed by atoms with E-state index < -0.39 is 6.04 Å². The fourth-order valence-electron chi connectivity index (χ4n) is 3.94. The van der Waals surface area contributed by atoms with Gasteiger partial charge in [-0.1, -0.05) is 74.0 Å². The van der Waals surface area contributed by atoms with Crippen LogP contribution in [0.3, 0.4) is 0 Å². The number of hydrogen-bond acceptors (Lipinski definition) is 4. The number of thioether (sulfide) groups is 1. The summed E-state index contributed by atoms with van der Waals surface area (Å²) in [7, 11) is 1.63. The van der Waals surface area contributed by atoms with Gasteiger partial charge in [0.25, 0.3) is 0 Å². The normalized spacial score (nSPS) is 11.5. The van der Waals surface area contributed by atoms with E-state index in [2.05, 4.69) is 12.2 Å². The third kappa shape index (κ3) is 8.76. The molecule has 0 fully saturated rings. The summed E-state index contributed by atoms with van der Waals surface area (Å²) in [6.07, 6.45) is 2.70. The van der Waals surface area contributed by atoms with Crippen LogP contribution in [-0.4, -0.2) is 42.2 Å². The highest BCUT2D eigenvalue weighted by atomic mass is 32.2. The summed E-state index contributed by atoms with van der Waals surface area (Å²) in [5.74, 6) is 1.23. The molecule has 0 bridgehead atoms. The maximum absolute atomic E-state index is 13.7.